The van der Waals surface area contributed by atoms with Crippen molar-refractivity contribution in [2.24, 2.45) is 0 Å². The number of nitrogens with zero attached hydrogens (tertiary/aromatic N) is 1. The first-order chi connectivity index (χ1) is 18.6. The fourth-order valence-electron chi connectivity index (χ4n) is 4.58. The molecule has 0 bridgehead atoms. The van der Waals surface area contributed by atoms with E-state index in [1.54, 1.807) is 14.2 Å². The maximum atomic E-state index is 13.5. The molecule has 0 spiro atoms. The second-order valence-electron chi connectivity index (χ2n) is 8.53. The molecule has 6 nitrogen and oxygen atoms in total. The van der Waals surface area contributed by atoms with Crippen LogP contribution in [0.1, 0.15) is 25.0 Å². The van der Waals surface area contributed by atoms with Crippen molar-refractivity contribution in [1.29, 1.82) is 0 Å². The van der Waals surface area contributed by atoms with E-state index in [1.807, 2.05) is 116 Å². The molecule has 4 aromatic carbocycles. The smallest absolute Gasteiger partial charge is 0.155 e. The van der Waals surface area contributed by atoms with Crippen LogP contribution >= 0.6 is 0 Å². The second kappa shape index (κ2) is 12.2. The van der Waals surface area contributed by atoms with Gasteiger partial charge in [-0.15, -0.1) is 0 Å². The van der Waals surface area contributed by atoms with Gasteiger partial charge in [0.05, 0.1) is 27.4 Å². The van der Waals surface area contributed by atoms with E-state index < -0.39 is 5.54 Å². The number of hydrogen-bond acceptors (Lipinski definition) is 6. The minimum atomic E-state index is -1.22. The molecule has 0 aliphatic rings. The van der Waals surface area contributed by atoms with Crippen LogP contribution in [0.5, 0.6) is 23.0 Å². The van der Waals surface area contributed by atoms with E-state index in [0.29, 0.717) is 13.2 Å². The quantitative estimate of drug-likeness (QED) is 0.195. The highest BCUT2D eigenvalue weighted by atomic mass is 16.5. The Hall–Kier alpha value is -4.45. The Morgan fingerprint density at radius 3 is 1.21 bits per heavy atom. The summed E-state index contributed by atoms with van der Waals surface area (Å²) >= 11 is 0. The summed E-state index contributed by atoms with van der Waals surface area (Å²) in [5.74, 6) is 2.93. The van der Waals surface area contributed by atoms with Crippen molar-refractivity contribution in [3.63, 3.8) is 0 Å². The lowest BCUT2D eigenvalue weighted by molar-refractivity contribution is -0.111. The Labute approximate surface area is 224 Å². The highest BCUT2D eigenvalue weighted by molar-refractivity contribution is 5.86. The summed E-state index contributed by atoms with van der Waals surface area (Å²) in [5.41, 5.74) is 1.97. The molecule has 0 fully saturated rings. The van der Waals surface area contributed by atoms with E-state index in [-0.39, 0.29) is 0 Å². The van der Waals surface area contributed by atoms with Gasteiger partial charge in [-0.25, -0.2) is 0 Å². The number of rotatable bonds is 12. The molecule has 0 N–H and O–H groups in total. The van der Waals surface area contributed by atoms with Gasteiger partial charge in [-0.2, -0.15) is 0 Å². The van der Waals surface area contributed by atoms with E-state index in [4.69, 9.17) is 18.9 Å². The largest absolute Gasteiger partial charge is 0.497 e. The molecule has 0 aromatic heterocycles. The van der Waals surface area contributed by atoms with Crippen molar-refractivity contribution < 1.29 is 23.7 Å². The normalized spacial score (nSPS) is 10.9. The van der Waals surface area contributed by atoms with E-state index in [0.717, 1.165) is 51.8 Å². The van der Waals surface area contributed by atoms with E-state index in [9.17, 15) is 4.79 Å². The van der Waals surface area contributed by atoms with E-state index in [1.165, 1.54) is 0 Å². The average molecular weight is 512 g/mol. The van der Waals surface area contributed by atoms with Crippen molar-refractivity contribution in [2.75, 3.05) is 32.3 Å². The summed E-state index contributed by atoms with van der Waals surface area (Å²) in [6.07, 6.45) is 0.993. The summed E-state index contributed by atoms with van der Waals surface area (Å²) in [5, 5.41) is 0. The number of carbonyl (C=O) groups is 1. The summed E-state index contributed by atoms with van der Waals surface area (Å²) in [7, 11) is 3.26. The molecule has 0 aliphatic heterocycles. The number of aldehydes is 1. The number of hydrogen-bond donors (Lipinski definition) is 0. The molecule has 0 radical (unpaired) electrons. The lowest BCUT2D eigenvalue weighted by atomic mass is 9.81. The molecule has 6 heteroatoms. The molecule has 0 aliphatic carbocycles. The molecular weight excluding hydrogens is 478 g/mol. The molecule has 0 unspecified atom stereocenters. The van der Waals surface area contributed by atoms with Crippen LogP contribution in [0, 0.1) is 0 Å². The zero-order valence-corrected chi connectivity index (χ0v) is 22.2. The standard InChI is InChI=1S/C32H33NO5/c1-5-37-30-15-7-24(8-16-30)32(23-34,25-9-17-31(18-10-25)38-6-2)33(26-11-19-28(35-3)20-12-26)27-13-21-29(36-4)22-14-27/h7-23H,5-6H2,1-4H3. The summed E-state index contributed by atoms with van der Waals surface area (Å²) in [6, 6.07) is 30.7. The Morgan fingerprint density at radius 2 is 0.921 bits per heavy atom. The fourth-order valence-corrected chi connectivity index (χ4v) is 4.58. The third-order valence-electron chi connectivity index (χ3n) is 6.40. The van der Waals surface area contributed by atoms with Crippen LogP contribution in [-0.2, 0) is 10.3 Å². The molecular formula is C32H33NO5. The van der Waals surface area contributed by atoms with Gasteiger partial charge in [0.2, 0.25) is 0 Å². The van der Waals surface area contributed by atoms with E-state index >= 15 is 0 Å². The summed E-state index contributed by atoms with van der Waals surface area (Å²) in [6.45, 7) is 5.00. The topological polar surface area (TPSA) is 57.2 Å². The van der Waals surface area contributed by atoms with Gasteiger partial charge in [-0.05, 0) is 97.8 Å². The molecule has 4 rings (SSSR count). The molecule has 196 valence electrons. The monoisotopic (exact) mass is 511 g/mol. The Balaban J connectivity index is 2.00. The molecule has 0 saturated heterocycles. The van der Waals surface area contributed by atoms with Crippen LogP contribution in [0.4, 0.5) is 11.4 Å². The third-order valence-corrected chi connectivity index (χ3v) is 6.40. The SMILES string of the molecule is CCOc1ccc(C(C=O)(c2ccc(OCC)cc2)N(c2ccc(OC)cc2)c2ccc(OC)cc2)cc1. The van der Waals surface area contributed by atoms with Gasteiger partial charge in [-0.1, -0.05) is 24.3 Å². The molecule has 0 atom stereocenters. The van der Waals surface area contributed by atoms with Gasteiger partial charge in [0.15, 0.2) is 11.8 Å². The zero-order valence-electron chi connectivity index (χ0n) is 22.2. The van der Waals surface area contributed by atoms with Crippen LogP contribution in [0.15, 0.2) is 97.1 Å². The van der Waals surface area contributed by atoms with Crippen LogP contribution in [0.3, 0.4) is 0 Å². The van der Waals surface area contributed by atoms with Gasteiger partial charge < -0.3 is 23.8 Å². The van der Waals surface area contributed by atoms with Crippen molar-refractivity contribution in [3.8, 4) is 23.0 Å². The first kappa shape index (κ1) is 26.6. The molecule has 0 heterocycles. The Morgan fingerprint density at radius 1 is 0.579 bits per heavy atom. The molecule has 0 saturated carbocycles. The van der Waals surface area contributed by atoms with Gasteiger partial charge in [-0.3, -0.25) is 4.79 Å². The fraction of sp³-hybridized carbons (Fsp3) is 0.219. The number of anilines is 2. The van der Waals surface area contributed by atoms with E-state index in [2.05, 4.69) is 0 Å². The van der Waals surface area contributed by atoms with Crippen LogP contribution < -0.4 is 23.8 Å². The van der Waals surface area contributed by atoms with Gasteiger partial charge in [0.25, 0.3) is 0 Å². The van der Waals surface area contributed by atoms with Crippen LogP contribution in [-0.4, -0.2) is 33.7 Å². The van der Waals surface area contributed by atoms with Gasteiger partial charge in [0, 0.05) is 11.4 Å². The van der Waals surface area contributed by atoms with Crippen molar-refractivity contribution in [1.82, 2.24) is 0 Å². The predicted octanol–water partition coefficient (Wildman–Crippen LogP) is 6.78. The van der Waals surface area contributed by atoms with Gasteiger partial charge in [0.1, 0.15) is 23.0 Å². The minimum Gasteiger partial charge on any atom is -0.497 e. The van der Waals surface area contributed by atoms with Crippen LogP contribution in [0.2, 0.25) is 0 Å². The lowest BCUT2D eigenvalue weighted by Gasteiger charge is -2.42. The van der Waals surface area contributed by atoms with Gasteiger partial charge >= 0.3 is 0 Å². The number of benzene rings is 4. The number of carbonyl (C=O) groups excluding carboxylic acids is 1. The Kier molecular flexibility index (Phi) is 8.54. The van der Waals surface area contributed by atoms with Crippen molar-refractivity contribution >= 4 is 17.7 Å². The zero-order chi connectivity index (χ0) is 27.0. The number of methoxy groups -OCH3 is 2. The highest BCUT2D eigenvalue weighted by Crippen LogP contribution is 2.44. The molecule has 0 amide bonds. The van der Waals surface area contributed by atoms with Crippen molar-refractivity contribution in [2.45, 2.75) is 19.4 Å². The minimum absolute atomic E-state index is 0.556. The highest BCUT2D eigenvalue weighted by Gasteiger charge is 2.42. The Bertz CT molecular complexity index is 1200. The first-order valence-corrected chi connectivity index (χ1v) is 12.6. The van der Waals surface area contributed by atoms with Crippen molar-refractivity contribution in [3.05, 3.63) is 108 Å². The molecule has 38 heavy (non-hydrogen) atoms. The maximum Gasteiger partial charge on any atom is 0.155 e. The summed E-state index contributed by atoms with van der Waals surface area (Å²) < 4.78 is 22.2. The average Bonchev–Trinajstić information content (AvgIpc) is 2.97. The third kappa shape index (κ3) is 5.30. The van der Waals surface area contributed by atoms with Crippen LogP contribution in [0.25, 0.3) is 0 Å². The lowest BCUT2D eigenvalue weighted by Crippen LogP contribution is -2.46. The number of ether oxygens (including phenoxy) is 4. The first-order valence-electron chi connectivity index (χ1n) is 12.6. The maximum absolute atomic E-state index is 13.5. The second-order valence-corrected chi connectivity index (χ2v) is 8.53. The summed E-state index contributed by atoms with van der Waals surface area (Å²) in [4.78, 5) is 15.6. The predicted molar refractivity (Wildman–Crippen MR) is 150 cm³/mol. The molecule has 4 aromatic rings.